The van der Waals surface area contributed by atoms with Gasteiger partial charge in [-0.05, 0) is 62.1 Å². The Morgan fingerprint density at radius 2 is 1.55 bits per heavy atom. The van der Waals surface area contributed by atoms with Gasteiger partial charge in [0.05, 0.1) is 11.1 Å². The van der Waals surface area contributed by atoms with Crippen LogP contribution in [0.4, 0.5) is 18.9 Å². The van der Waals surface area contributed by atoms with Crippen molar-refractivity contribution in [1.29, 1.82) is 0 Å². The number of carbonyl (C=O) groups is 2. The van der Waals surface area contributed by atoms with Crippen LogP contribution in [0.1, 0.15) is 59.9 Å². The Bertz CT molecular complexity index is 966. The molecule has 1 saturated heterocycles. The summed E-state index contributed by atoms with van der Waals surface area (Å²) in [6, 6.07) is 11.7. The van der Waals surface area contributed by atoms with E-state index >= 15 is 0 Å². The fourth-order valence-corrected chi connectivity index (χ4v) is 3.74. The predicted octanol–water partition coefficient (Wildman–Crippen LogP) is 4.88. The number of amides is 2. The maximum absolute atomic E-state index is 12.8. The topological polar surface area (TPSA) is 61.4 Å². The zero-order valence-electron chi connectivity index (χ0n) is 19.1. The Balaban J connectivity index is 1.59. The van der Waals surface area contributed by atoms with Crippen LogP contribution in [-0.4, -0.2) is 37.0 Å². The molecule has 0 aromatic heterocycles. The fraction of sp³-hybridized carbons (Fsp3) is 0.440. The van der Waals surface area contributed by atoms with E-state index in [4.69, 9.17) is 0 Å². The van der Waals surface area contributed by atoms with Gasteiger partial charge in [0.25, 0.3) is 11.8 Å². The lowest BCUT2D eigenvalue weighted by atomic mass is 10.0. The molecular formula is C25H30F3N3O2. The smallest absolute Gasteiger partial charge is 0.371 e. The molecule has 2 aromatic carbocycles. The first-order valence-electron chi connectivity index (χ1n) is 11.2. The first kappa shape index (κ1) is 24.6. The lowest BCUT2D eigenvalue weighted by molar-refractivity contribution is -0.137. The maximum atomic E-state index is 12.8. The summed E-state index contributed by atoms with van der Waals surface area (Å²) in [6.07, 6.45) is -3.09. The molecule has 5 nitrogen and oxygen atoms in total. The molecule has 1 fully saturated rings. The highest BCUT2D eigenvalue weighted by molar-refractivity contribution is 6.00. The third kappa shape index (κ3) is 6.27. The van der Waals surface area contributed by atoms with Crippen LogP contribution in [-0.2, 0) is 6.18 Å². The maximum Gasteiger partial charge on any atom is 0.416 e. The van der Waals surface area contributed by atoms with Gasteiger partial charge in [0.2, 0.25) is 0 Å². The van der Waals surface area contributed by atoms with Crippen molar-refractivity contribution in [1.82, 2.24) is 10.6 Å². The lowest BCUT2D eigenvalue weighted by Crippen LogP contribution is -2.45. The SMILES string of the molecule is CC(C)[C@H](C)NC(=O)c1ccccc1N1CCC(NC(=O)c2ccc(C(F)(F)F)cc2)CC1. The Hall–Kier alpha value is -3.03. The average molecular weight is 462 g/mol. The fourth-order valence-electron chi connectivity index (χ4n) is 3.74. The van der Waals surface area contributed by atoms with Gasteiger partial charge >= 0.3 is 6.18 Å². The van der Waals surface area contributed by atoms with Gasteiger partial charge in [-0.25, -0.2) is 0 Å². The molecule has 0 unspecified atom stereocenters. The number of nitrogens with zero attached hydrogens (tertiary/aromatic N) is 1. The van der Waals surface area contributed by atoms with Crippen LogP contribution in [0.3, 0.4) is 0 Å². The zero-order valence-corrected chi connectivity index (χ0v) is 19.1. The Morgan fingerprint density at radius 1 is 0.939 bits per heavy atom. The number of hydrogen-bond acceptors (Lipinski definition) is 3. The molecule has 1 aliphatic rings. The van der Waals surface area contributed by atoms with E-state index < -0.39 is 11.7 Å². The van der Waals surface area contributed by atoms with Crippen molar-refractivity contribution in [2.24, 2.45) is 5.92 Å². The largest absolute Gasteiger partial charge is 0.416 e. The zero-order chi connectivity index (χ0) is 24.2. The molecule has 0 aliphatic carbocycles. The minimum Gasteiger partial charge on any atom is -0.371 e. The van der Waals surface area contributed by atoms with E-state index in [1.807, 2.05) is 31.2 Å². The molecular weight excluding hydrogens is 431 g/mol. The molecule has 0 radical (unpaired) electrons. The van der Waals surface area contributed by atoms with Gasteiger partial charge in [-0.15, -0.1) is 0 Å². The summed E-state index contributed by atoms with van der Waals surface area (Å²) in [5.41, 5.74) is 0.903. The van der Waals surface area contributed by atoms with Crippen molar-refractivity contribution >= 4 is 17.5 Å². The first-order chi connectivity index (χ1) is 15.6. The second-order valence-electron chi connectivity index (χ2n) is 8.83. The average Bonchev–Trinajstić information content (AvgIpc) is 2.79. The number of anilines is 1. The number of hydrogen-bond donors (Lipinski definition) is 2. The molecule has 2 N–H and O–H groups in total. The second kappa shape index (κ2) is 10.3. The molecule has 8 heteroatoms. The predicted molar refractivity (Wildman–Crippen MR) is 122 cm³/mol. The number of piperidine rings is 1. The van der Waals surface area contributed by atoms with Crippen LogP contribution < -0.4 is 15.5 Å². The van der Waals surface area contributed by atoms with Crippen LogP contribution in [0.15, 0.2) is 48.5 Å². The molecule has 0 spiro atoms. The molecule has 33 heavy (non-hydrogen) atoms. The van der Waals surface area contributed by atoms with Crippen molar-refractivity contribution in [3.8, 4) is 0 Å². The first-order valence-corrected chi connectivity index (χ1v) is 11.2. The summed E-state index contributed by atoms with van der Waals surface area (Å²) < 4.78 is 38.1. The van der Waals surface area contributed by atoms with Crippen LogP contribution in [0.5, 0.6) is 0 Å². The second-order valence-corrected chi connectivity index (χ2v) is 8.83. The van der Waals surface area contributed by atoms with Gasteiger partial charge in [-0.3, -0.25) is 9.59 Å². The molecule has 3 rings (SSSR count). The Labute approximate surface area is 192 Å². The Kier molecular flexibility index (Phi) is 7.66. The van der Waals surface area contributed by atoms with Crippen molar-refractivity contribution in [2.75, 3.05) is 18.0 Å². The summed E-state index contributed by atoms with van der Waals surface area (Å²) in [5.74, 6) is -0.167. The Morgan fingerprint density at radius 3 is 2.12 bits per heavy atom. The van der Waals surface area contributed by atoms with Crippen LogP contribution in [0.2, 0.25) is 0 Å². The van der Waals surface area contributed by atoms with Gasteiger partial charge in [-0.2, -0.15) is 13.2 Å². The minimum absolute atomic E-state index is 0.0525. The van der Waals surface area contributed by atoms with Gasteiger partial charge in [0.15, 0.2) is 0 Å². The molecule has 1 atom stereocenters. The van der Waals surface area contributed by atoms with Crippen molar-refractivity contribution in [2.45, 2.75) is 51.9 Å². The van der Waals surface area contributed by atoms with E-state index in [1.165, 1.54) is 12.1 Å². The number of para-hydroxylation sites is 1. The van der Waals surface area contributed by atoms with Gasteiger partial charge in [0.1, 0.15) is 0 Å². The molecule has 0 saturated carbocycles. The molecule has 0 bridgehead atoms. The lowest BCUT2D eigenvalue weighted by Gasteiger charge is -2.35. The number of rotatable bonds is 6. The van der Waals surface area contributed by atoms with Crippen LogP contribution >= 0.6 is 0 Å². The summed E-state index contributed by atoms with van der Waals surface area (Å²) in [7, 11) is 0. The summed E-state index contributed by atoms with van der Waals surface area (Å²) in [6.45, 7) is 7.40. The molecule has 1 aliphatic heterocycles. The van der Waals surface area contributed by atoms with Crippen molar-refractivity contribution in [3.63, 3.8) is 0 Å². The van der Waals surface area contributed by atoms with Crippen molar-refractivity contribution < 1.29 is 22.8 Å². The van der Waals surface area contributed by atoms with Crippen LogP contribution in [0, 0.1) is 5.92 Å². The van der Waals surface area contributed by atoms with E-state index in [1.54, 1.807) is 0 Å². The van der Waals surface area contributed by atoms with Gasteiger partial charge in [0, 0.05) is 36.4 Å². The number of benzene rings is 2. The molecule has 1 heterocycles. The standard InChI is InChI=1S/C25H30F3N3O2/c1-16(2)17(3)29-24(33)21-6-4-5-7-22(21)31-14-12-20(13-15-31)30-23(32)18-8-10-19(11-9-18)25(26,27)28/h4-11,16-17,20H,12-15H2,1-3H3,(H,29,33)(H,30,32)/t17-/m0/s1. The normalized spacial score (nSPS) is 15.9. The monoisotopic (exact) mass is 461 g/mol. The highest BCUT2D eigenvalue weighted by Crippen LogP contribution is 2.29. The molecule has 178 valence electrons. The minimum atomic E-state index is -4.43. The highest BCUT2D eigenvalue weighted by atomic mass is 19.4. The summed E-state index contributed by atoms with van der Waals surface area (Å²) >= 11 is 0. The van der Waals surface area contributed by atoms with E-state index in [0.29, 0.717) is 37.4 Å². The van der Waals surface area contributed by atoms with Crippen LogP contribution in [0.25, 0.3) is 0 Å². The van der Waals surface area contributed by atoms with Gasteiger partial charge < -0.3 is 15.5 Å². The van der Waals surface area contributed by atoms with Crippen molar-refractivity contribution in [3.05, 3.63) is 65.2 Å². The summed E-state index contributed by atoms with van der Waals surface area (Å²) in [4.78, 5) is 27.4. The third-order valence-electron chi connectivity index (χ3n) is 6.15. The number of halogens is 3. The van der Waals surface area contributed by atoms with E-state index in [-0.39, 0.29) is 29.5 Å². The summed E-state index contributed by atoms with van der Waals surface area (Å²) in [5, 5.41) is 5.96. The highest BCUT2D eigenvalue weighted by Gasteiger charge is 2.30. The number of nitrogens with one attached hydrogen (secondary N) is 2. The van der Waals surface area contributed by atoms with E-state index in [9.17, 15) is 22.8 Å². The van der Waals surface area contributed by atoms with Gasteiger partial charge in [-0.1, -0.05) is 26.0 Å². The quantitative estimate of drug-likeness (QED) is 0.645. The van der Waals surface area contributed by atoms with E-state index in [0.717, 1.165) is 17.8 Å². The third-order valence-corrected chi connectivity index (χ3v) is 6.15. The number of carbonyl (C=O) groups excluding carboxylic acids is 2. The van der Waals surface area contributed by atoms with E-state index in [2.05, 4.69) is 29.4 Å². The molecule has 2 amide bonds. The number of alkyl halides is 3. The molecule has 2 aromatic rings.